The lowest BCUT2D eigenvalue weighted by molar-refractivity contribution is -0.116. The quantitative estimate of drug-likeness (QED) is 0.212. The van der Waals surface area contributed by atoms with Crippen LogP contribution in [-0.4, -0.2) is 28.0 Å². The van der Waals surface area contributed by atoms with Crippen molar-refractivity contribution in [2.45, 2.75) is 46.1 Å². The number of nitrogens with one attached hydrogen (secondary N) is 1. The number of nitrogens with zero attached hydrogens (tertiary/aromatic N) is 2. The van der Waals surface area contributed by atoms with Gasteiger partial charge in [-0.25, -0.2) is 9.78 Å². The van der Waals surface area contributed by atoms with Gasteiger partial charge in [0.05, 0.1) is 12.0 Å². The molecule has 0 spiro atoms. The van der Waals surface area contributed by atoms with Gasteiger partial charge < -0.3 is 10.1 Å². The molecule has 208 valence electrons. The second-order valence-electron chi connectivity index (χ2n) is 10.1. The second-order valence-corrected chi connectivity index (χ2v) is 12.0. The van der Waals surface area contributed by atoms with Gasteiger partial charge in [-0.05, 0) is 56.7 Å². The van der Waals surface area contributed by atoms with Crippen LogP contribution in [0.1, 0.15) is 46.1 Å². The summed E-state index contributed by atoms with van der Waals surface area (Å²) in [5.74, 6) is -0.464. The van der Waals surface area contributed by atoms with Crippen LogP contribution in [-0.2, 0) is 28.9 Å². The van der Waals surface area contributed by atoms with Crippen molar-refractivity contribution in [3.05, 3.63) is 91.9 Å². The molecule has 0 saturated carbocycles. The van der Waals surface area contributed by atoms with Gasteiger partial charge in [0, 0.05) is 21.4 Å². The fraction of sp³-hybridized carbons (Fsp3) is 0.250. The van der Waals surface area contributed by atoms with Gasteiger partial charge in [-0.15, -0.1) is 22.7 Å². The smallest absolute Gasteiger partial charge is 0.341 e. The maximum absolute atomic E-state index is 14.1. The van der Waals surface area contributed by atoms with Crippen LogP contribution < -0.4 is 10.9 Å². The third-order valence-corrected chi connectivity index (χ3v) is 9.34. The molecule has 3 heterocycles. The molecular formula is C32H29N3O4S2. The molecule has 0 unspecified atom stereocenters. The van der Waals surface area contributed by atoms with E-state index in [2.05, 4.69) is 5.32 Å². The standard InChI is InChI=1S/C32H29N3O4S2/c1-3-39-32(38)27-23(20-11-5-4-6-12-20)18-40-29(27)33-25(36)17-35-28(21-13-9-10-19(2)16-21)34-30-26(31(35)37)22-14-7-8-15-24(22)41-30/h4-6,9-13,16,18H,3,7-8,14-15,17H2,1-2H3,(H,33,36). The Bertz CT molecular complexity index is 1840. The number of hydrogen-bond donors (Lipinski definition) is 1. The number of anilines is 1. The molecule has 41 heavy (non-hydrogen) atoms. The van der Waals surface area contributed by atoms with Crippen molar-refractivity contribution in [2.75, 3.05) is 11.9 Å². The monoisotopic (exact) mass is 583 g/mol. The Labute approximate surface area is 245 Å². The molecule has 1 amide bonds. The predicted molar refractivity (Wildman–Crippen MR) is 165 cm³/mol. The highest BCUT2D eigenvalue weighted by molar-refractivity contribution is 7.18. The summed E-state index contributed by atoms with van der Waals surface area (Å²) in [6, 6.07) is 17.3. The third kappa shape index (κ3) is 5.23. The Kier molecular flexibility index (Phi) is 7.55. The maximum atomic E-state index is 14.1. The lowest BCUT2D eigenvalue weighted by atomic mass is 9.97. The summed E-state index contributed by atoms with van der Waals surface area (Å²) in [7, 11) is 0. The van der Waals surface area contributed by atoms with Gasteiger partial charge in [-0.1, -0.05) is 54.1 Å². The normalized spacial score (nSPS) is 12.7. The molecule has 9 heteroatoms. The average Bonchev–Trinajstić information content (AvgIpc) is 3.56. The number of carbonyl (C=O) groups is 2. The molecule has 0 radical (unpaired) electrons. The number of benzene rings is 2. The van der Waals surface area contributed by atoms with Crippen molar-refractivity contribution >= 4 is 49.8 Å². The highest BCUT2D eigenvalue weighted by Crippen LogP contribution is 2.37. The van der Waals surface area contributed by atoms with E-state index in [4.69, 9.17) is 9.72 Å². The number of aryl methyl sites for hydroxylation is 3. The van der Waals surface area contributed by atoms with Crippen molar-refractivity contribution in [1.29, 1.82) is 0 Å². The molecule has 7 nitrogen and oxygen atoms in total. The zero-order chi connectivity index (χ0) is 28.5. The second kappa shape index (κ2) is 11.4. The molecule has 3 aromatic heterocycles. The minimum absolute atomic E-state index is 0.206. The maximum Gasteiger partial charge on any atom is 0.341 e. The number of thiophene rings is 2. The van der Waals surface area contributed by atoms with Crippen LogP contribution in [0.2, 0.25) is 0 Å². The van der Waals surface area contributed by atoms with Crippen molar-refractivity contribution in [1.82, 2.24) is 9.55 Å². The van der Waals surface area contributed by atoms with E-state index in [1.807, 2.05) is 66.9 Å². The summed E-state index contributed by atoms with van der Waals surface area (Å²) >= 11 is 2.85. The molecular weight excluding hydrogens is 555 g/mol. The van der Waals surface area contributed by atoms with Crippen LogP contribution in [0.5, 0.6) is 0 Å². The highest BCUT2D eigenvalue weighted by Gasteiger charge is 2.26. The number of ether oxygens (including phenoxy) is 1. The van der Waals surface area contributed by atoms with Crippen LogP contribution in [0.3, 0.4) is 0 Å². The Morgan fingerprint density at radius 3 is 2.61 bits per heavy atom. The van der Waals surface area contributed by atoms with E-state index in [9.17, 15) is 14.4 Å². The van der Waals surface area contributed by atoms with Crippen molar-refractivity contribution in [3.63, 3.8) is 0 Å². The molecule has 1 aliphatic carbocycles. The lowest BCUT2D eigenvalue weighted by Crippen LogP contribution is -2.30. The number of esters is 1. The van der Waals surface area contributed by atoms with Crippen molar-refractivity contribution in [2.24, 2.45) is 0 Å². The van der Waals surface area contributed by atoms with E-state index >= 15 is 0 Å². The zero-order valence-electron chi connectivity index (χ0n) is 22.9. The Hall–Kier alpha value is -4.08. The van der Waals surface area contributed by atoms with Gasteiger partial charge >= 0.3 is 5.97 Å². The Morgan fingerprint density at radius 2 is 1.83 bits per heavy atom. The zero-order valence-corrected chi connectivity index (χ0v) is 24.5. The largest absolute Gasteiger partial charge is 0.462 e. The number of rotatable bonds is 7. The van der Waals surface area contributed by atoms with Crippen LogP contribution >= 0.6 is 22.7 Å². The number of fused-ring (bicyclic) bond motifs is 3. The SMILES string of the molecule is CCOC(=O)c1c(-c2ccccc2)csc1NC(=O)Cn1c(-c2cccc(C)c2)nc2sc3c(c2c1=O)CCCC3. The Balaban J connectivity index is 1.41. The first-order valence-corrected chi connectivity index (χ1v) is 15.4. The fourth-order valence-electron chi connectivity index (χ4n) is 5.39. The molecule has 1 aliphatic rings. The summed E-state index contributed by atoms with van der Waals surface area (Å²) in [6.45, 7) is 3.70. The summed E-state index contributed by atoms with van der Waals surface area (Å²) in [6.07, 6.45) is 3.95. The molecule has 1 N–H and O–H groups in total. The van der Waals surface area contributed by atoms with Crippen molar-refractivity contribution in [3.8, 4) is 22.5 Å². The molecule has 0 fully saturated rings. The van der Waals surface area contributed by atoms with E-state index < -0.39 is 11.9 Å². The van der Waals surface area contributed by atoms with E-state index in [-0.39, 0.29) is 18.7 Å². The van der Waals surface area contributed by atoms with Crippen LogP contribution in [0.25, 0.3) is 32.7 Å². The molecule has 0 bridgehead atoms. The van der Waals surface area contributed by atoms with Gasteiger partial charge in [-0.3, -0.25) is 14.2 Å². The van der Waals surface area contributed by atoms with Crippen LogP contribution in [0.4, 0.5) is 5.00 Å². The van der Waals surface area contributed by atoms with Crippen molar-refractivity contribution < 1.29 is 14.3 Å². The van der Waals surface area contributed by atoms with Gasteiger partial charge in [0.15, 0.2) is 0 Å². The van der Waals surface area contributed by atoms with E-state index in [1.54, 1.807) is 18.3 Å². The summed E-state index contributed by atoms with van der Waals surface area (Å²) < 4.78 is 6.82. The topological polar surface area (TPSA) is 90.3 Å². The number of carbonyl (C=O) groups excluding carboxylic acids is 2. The van der Waals surface area contributed by atoms with Gasteiger partial charge in [0.1, 0.15) is 27.8 Å². The molecule has 6 rings (SSSR count). The first-order chi connectivity index (χ1) is 19.9. The average molecular weight is 584 g/mol. The summed E-state index contributed by atoms with van der Waals surface area (Å²) in [4.78, 5) is 47.6. The first kappa shape index (κ1) is 27.1. The minimum Gasteiger partial charge on any atom is -0.462 e. The van der Waals surface area contributed by atoms with Crippen LogP contribution in [0, 0.1) is 6.92 Å². The molecule has 0 saturated heterocycles. The third-order valence-electron chi connectivity index (χ3n) is 7.26. The van der Waals surface area contributed by atoms with Crippen LogP contribution in [0.15, 0.2) is 64.8 Å². The number of amides is 1. The van der Waals surface area contributed by atoms with E-state index in [0.717, 1.165) is 52.8 Å². The highest BCUT2D eigenvalue weighted by atomic mass is 32.1. The number of hydrogen-bond acceptors (Lipinski definition) is 7. The molecule has 0 atom stereocenters. The minimum atomic E-state index is -0.506. The summed E-state index contributed by atoms with van der Waals surface area (Å²) in [5.41, 5.74) is 4.53. The van der Waals surface area contributed by atoms with E-state index in [1.165, 1.54) is 20.8 Å². The molecule has 5 aromatic rings. The van der Waals surface area contributed by atoms with E-state index in [0.29, 0.717) is 27.3 Å². The molecule has 0 aliphatic heterocycles. The fourth-order valence-corrected chi connectivity index (χ4v) is 7.61. The molecule has 2 aromatic carbocycles. The van der Waals surface area contributed by atoms with Gasteiger partial charge in [0.25, 0.3) is 5.56 Å². The predicted octanol–water partition coefficient (Wildman–Crippen LogP) is 6.86. The van der Waals surface area contributed by atoms with Gasteiger partial charge in [-0.2, -0.15) is 0 Å². The Morgan fingerprint density at radius 1 is 1.05 bits per heavy atom. The lowest BCUT2D eigenvalue weighted by Gasteiger charge is -2.15. The number of aromatic nitrogens is 2. The first-order valence-electron chi connectivity index (χ1n) is 13.7. The summed E-state index contributed by atoms with van der Waals surface area (Å²) in [5, 5.41) is 5.76. The van der Waals surface area contributed by atoms with Gasteiger partial charge in [0.2, 0.25) is 5.91 Å².